The van der Waals surface area contributed by atoms with Gasteiger partial charge in [-0.3, -0.25) is 4.79 Å². The molecule has 0 radical (unpaired) electrons. The summed E-state index contributed by atoms with van der Waals surface area (Å²) in [5.41, 5.74) is 2.07. The van der Waals surface area contributed by atoms with Crippen LogP contribution in [-0.2, 0) is 11.8 Å². The number of anilines is 2. The van der Waals surface area contributed by atoms with E-state index in [9.17, 15) is 4.79 Å². The molecule has 1 aliphatic carbocycles. The summed E-state index contributed by atoms with van der Waals surface area (Å²) in [4.78, 5) is 14.6. The summed E-state index contributed by atoms with van der Waals surface area (Å²) >= 11 is 1.43. The van der Waals surface area contributed by atoms with Crippen LogP contribution in [0, 0.1) is 0 Å². The SMILES string of the molecule is Cn1c(SCC(=O)Nc2ccc(N3CCCC3)cc2)nnc1C1CC1. The molecule has 2 fully saturated rings. The molecule has 1 aromatic carbocycles. The predicted octanol–water partition coefficient (Wildman–Crippen LogP) is 3.02. The number of hydrogen-bond donors (Lipinski definition) is 1. The van der Waals surface area contributed by atoms with Crippen molar-refractivity contribution in [2.24, 2.45) is 7.05 Å². The highest BCUT2D eigenvalue weighted by Crippen LogP contribution is 2.39. The van der Waals surface area contributed by atoms with Crippen LogP contribution >= 0.6 is 11.8 Å². The van der Waals surface area contributed by atoms with E-state index in [-0.39, 0.29) is 5.91 Å². The Labute approximate surface area is 152 Å². The topological polar surface area (TPSA) is 63.1 Å². The highest BCUT2D eigenvalue weighted by molar-refractivity contribution is 7.99. The molecule has 2 aromatic rings. The minimum absolute atomic E-state index is 0.0186. The van der Waals surface area contributed by atoms with Crippen LogP contribution in [0.2, 0.25) is 0 Å². The summed E-state index contributed by atoms with van der Waals surface area (Å²) in [6.07, 6.45) is 4.93. The minimum atomic E-state index is -0.0186. The van der Waals surface area contributed by atoms with Gasteiger partial charge in [0.2, 0.25) is 5.91 Å². The van der Waals surface area contributed by atoms with Gasteiger partial charge in [0.05, 0.1) is 5.75 Å². The molecule has 0 spiro atoms. The lowest BCUT2D eigenvalue weighted by Crippen LogP contribution is -2.18. The van der Waals surface area contributed by atoms with Crippen molar-refractivity contribution >= 4 is 29.0 Å². The Morgan fingerprint density at radius 1 is 1.20 bits per heavy atom. The molecule has 0 unspecified atom stereocenters. The van der Waals surface area contributed by atoms with Gasteiger partial charge in [0.1, 0.15) is 5.82 Å². The summed E-state index contributed by atoms with van der Waals surface area (Å²) in [5.74, 6) is 1.93. The van der Waals surface area contributed by atoms with Crippen LogP contribution in [0.5, 0.6) is 0 Å². The van der Waals surface area contributed by atoms with Gasteiger partial charge in [0.15, 0.2) is 5.16 Å². The number of nitrogens with one attached hydrogen (secondary N) is 1. The van der Waals surface area contributed by atoms with Crippen LogP contribution in [0.25, 0.3) is 0 Å². The number of carbonyl (C=O) groups is 1. The van der Waals surface area contributed by atoms with Gasteiger partial charge < -0.3 is 14.8 Å². The lowest BCUT2D eigenvalue weighted by atomic mass is 10.2. The van der Waals surface area contributed by atoms with E-state index in [4.69, 9.17) is 0 Å². The van der Waals surface area contributed by atoms with Crippen molar-refractivity contribution in [3.63, 3.8) is 0 Å². The predicted molar refractivity (Wildman–Crippen MR) is 100 cm³/mol. The van der Waals surface area contributed by atoms with Gasteiger partial charge in [0, 0.05) is 37.4 Å². The average Bonchev–Trinajstić information content (AvgIpc) is 3.17. The number of aromatic nitrogens is 3. The Morgan fingerprint density at radius 2 is 1.92 bits per heavy atom. The lowest BCUT2D eigenvalue weighted by Gasteiger charge is -2.17. The first-order chi connectivity index (χ1) is 12.2. The molecule has 7 heteroatoms. The molecule has 1 amide bonds. The van der Waals surface area contributed by atoms with Gasteiger partial charge in [-0.15, -0.1) is 10.2 Å². The Kier molecular flexibility index (Phi) is 4.65. The second-order valence-electron chi connectivity index (χ2n) is 6.75. The van der Waals surface area contributed by atoms with Crippen LogP contribution in [0.3, 0.4) is 0 Å². The Morgan fingerprint density at radius 3 is 2.60 bits per heavy atom. The monoisotopic (exact) mass is 357 g/mol. The zero-order valence-corrected chi connectivity index (χ0v) is 15.3. The molecule has 1 aliphatic heterocycles. The highest BCUT2D eigenvalue weighted by Gasteiger charge is 2.29. The maximum Gasteiger partial charge on any atom is 0.234 e. The van der Waals surface area contributed by atoms with Crippen LogP contribution < -0.4 is 10.2 Å². The lowest BCUT2D eigenvalue weighted by molar-refractivity contribution is -0.113. The zero-order chi connectivity index (χ0) is 17.2. The first-order valence-corrected chi connectivity index (χ1v) is 9.86. The fraction of sp³-hybridized carbons (Fsp3) is 0.500. The van der Waals surface area contributed by atoms with E-state index in [1.54, 1.807) is 0 Å². The van der Waals surface area contributed by atoms with Gasteiger partial charge in [-0.2, -0.15) is 0 Å². The molecule has 1 saturated carbocycles. The Balaban J connectivity index is 1.29. The maximum atomic E-state index is 12.2. The smallest absolute Gasteiger partial charge is 0.234 e. The third-order valence-electron chi connectivity index (χ3n) is 4.77. The van der Waals surface area contributed by atoms with Gasteiger partial charge in [-0.05, 0) is 49.9 Å². The quantitative estimate of drug-likeness (QED) is 0.805. The minimum Gasteiger partial charge on any atom is -0.372 e. The van der Waals surface area contributed by atoms with Crippen molar-refractivity contribution in [3.8, 4) is 0 Å². The van der Waals surface area contributed by atoms with Gasteiger partial charge in [-0.25, -0.2) is 0 Å². The molecule has 4 rings (SSSR count). The van der Waals surface area contributed by atoms with E-state index >= 15 is 0 Å². The number of thioether (sulfide) groups is 1. The van der Waals surface area contributed by atoms with Gasteiger partial charge >= 0.3 is 0 Å². The van der Waals surface area contributed by atoms with Gasteiger partial charge in [-0.1, -0.05) is 11.8 Å². The van der Waals surface area contributed by atoms with Crippen LogP contribution in [0.1, 0.15) is 37.4 Å². The fourth-order valence-electron chi connectivity index (χ4n) is 3.21. The van der Waals surface area contributed by atoms with Crippen molar-refractivity contribution in [3.05, 3.63) is 30.1 Å². The van der Waals surface area contributed by atoms with E-state index in [1.807, 2.05) is 23.7 Å². The Hall–Kier alpha value is -2.02. The molecule has 1 N–H and O–H groups in total. The Bertz CT molecular complexity index is 747. The van der Waals surface area contributed by atoms with Crippen LogP contribution in [0.4, 0.5) is 11.4 Å². The molecular formula is C18H23N5OS. The first-order valence-electron chi connectivity index (χ1n) is 8.87. The third-order valence-corrected chi connectivity index (χ3v) is 5.79. The summed E-state index contributed by atoms with van der Waals surface area (Å²) in [7, 11) is 1.98. The van der Waals surface area contributed by atoms with Gasteiger partial charge in [0.25, 0.3) is 0 Å². The molecule has 132 valence electrons. The van der Waals surface area contributed by atoms with E-state index in [0.29, 0.717) is 11.7 Å². The van der Waals surface area contributed by atoms with Crippen LogP contribution in [-0.4, -0.2) is 39.5 Å². The molecular weight excluding hydrogens is 334 g/mol. The number of carbonyl (C=O) groups excluding carboxylic acids is 1. The first kappa shape index (κ1) is 16.4. The summed E-state index contributed by atoms with van der Waals surface area (Å²) in [6, 6.07) is 8.12. The van der Waals surface area contributed by atoms with Crippen molar-refractivity contribution in [2.75, 3.05) is 29.1 Å². The second-order valence-corrected chi connectivity index (χ2v) is 7.69. The second kappa shape index (κ2) is 7.07. The maximum absolute atomic E-state index is 12.2. The number of amides is 1. The normalized spacial score (nSPS) is 17.1. The number of benzene rings is 1. The van der Waals surface area contributed by atoms with Crippen LogP contribution in [0.15, 0.2) is 29.4 Å². The molecule has 25 heavy (non-hydrogen) atoms. The van der Waals surface area contributed by atoms with Crippen molar-refractivity contribution in [1.82, 2.24) is 14.8 Å². The van der Waals surface area contributed by atoms with E-state index in [2.05, 4.69) is 32.5 Å². The largest absolute Gasteiger partial charge is 0.372 e. The molecule has 6 nitrogen and oxygen atoms in total. The summed E-state index contributed by atoms with van der Waals surface area (Å²) < 4.78 is 2.01. The van der Waals surface area contributed by atoms with E-state index in [1.165, 1.54) is 43.1 Å². The standard InChI is InChI=1S/C18H23N5OS/c1-22-17(13-4-5-13)20-21-18(22)25-12-16(24)19-14-6-8-15(9-7-14)23-10-2-3-11-23/h6-9,13H,2-5,10-12H2,1H3,(H,19,24). The fourth-order valence-corrected chi connectivity index (χ4v) is 3.93. The number of nitrogens with zero attached hydrogens (tertiary/aromatic N) is 4. The number of hydrogen-bond acceptors (Lipinski definition) is 5. The average molecular weight is 357 g/mol. The molecule has 2 heterocycles. The summed E-state index contributed by atoms with van der Waals surface area (Å²) in [5, 5.41) is 12.2. The molecule has 0 bridgehead atoms. The van der Waals surface area contributed by atoms with Crippen molar-refractivity contribution in [1.29, 1.82) is 0 Å². The van der Waals surface area contributed by atoms with E-state index in [0.717, 1.165) is 29.8 Å². The highest BCUT2D eigenvalue weighted by atomic mass is 32.2. The van der Waals surface area contributed by atoms with E-state index < -0.39 is 0 Å². The summed E-state index contributed by atoms with van der Waals surface area (Å²) in [6.45, 7) is 2.26. The molecule has 1 aromatic heterocycles. The number of rotatable bonds is 6. The molecule has 1 saturated heterocycles. The van der Waals surface area contributed by atoms with Crippen molar-refractivity contribution < 1.29 is 4.79 Å². The van der Waals surface area contributed by atoms with Crippen molar-refractivity contribution in [2.45, 2.75) is 36.8 Å². The zero-order valence-electron chi connectivity index (χ0n) is 14.4. The molecule has 2 aliphatic rings. The third kappa shape index (κ3) is 3.81. The molecule has 0 atom stereocenters.